The molecule has 0 unspecified atom stereocenters. The highest BCUT2D eigenvalue weighted by atomic mass is 32.1. The molecular weight excluding hydrogens is 538 g/mol. The summed E-state index contributed by atoms with van der Waals surface area (Å²) in [5.74, 6) is 0.612. The zero-order chi connectivity index (χ0) is 27.6. The van der Waals surface area contributed by atoms with Crippen molar-refractivity contribution in [2.45, 2.75) is 39.9 Å². The van der Waals surface area contributed by atoms with Crippen molar-refractivity contribution in [2.24, 2.45) is 5.41 Å². The predicted octanol–water partition coefficient (Wildman–Crippen LogP) is 4.33. The molecule has 206 valence electrons. The first-order valence-electron chi connectivity index (χ1n) is 12.8. The summed E-state index contributed by atoms with van der Waals surface area (Å²) in [6.45, 7) is 8.02. The van der Waals surface area contributed by atoms with Gasteiger partial charge in [-0.1, -0.05) is 29.6 Å². The maximum absolute atomic E-state index is 12.1. The topological polar surface area (TPSA) is 146 Å². The molecule has 1 aliphatic heterocycles. The van der Waals surface area contributed by atoms with Crippen molar-refractivity contribution in [1.82, 2.24) is 25.3 Å². The minimum atomic E-state index is -1.34. The lowest BCUT2D eigenvalue weighted by Crippen LogP contribution is -2.45. The zero-order valence-corrected chi connectivity index (χ0v) is 23.6. The highest BCUT2D eigenvalue weighted by Gasteiger charge is 2.36. The van der Waals surface area contributed by atoms with Crippen molar-refractivity contribution in [2.75, 3.05) is 36.5 Å². The first kappa shape index (κ1) is 27.2. The number of hydrogen-bond donors (Lipinski definition) is 4. The Hall–Kier alpha value is -3.39. The average molecular weight is 570 g/mol. The van der Waals surface area contributed by atoms with Gasteiger partial charge in [0.15, 0.2) is 11.4 Å². The lowest BCUT2D eigenvalue weighted by atomic mass is 9.80. The van der Waals surface area contributed by atoms with Crippen molar-refractivity contribution in [3.05, 3.63) is 30.7 Å². The van der Waals surface area contributed by atoms with E-state index in [1.54, 1.807) is 18.6 Å². The standard InChI is InChI=1S/C26H31N7O4S2/c1-4-27-23(36)32-24-31-18-11-15(10-17(20(18)39-24)19-14-30-25(38-19)37-5-2)16-12-28-22(29-13-16)33-8-6-26(3,7-9-33)21(34)35/h10-14,21,34-35H,4-9H2,1-3H3,(H2,27,31,32,36). The van der Waals surface area contributed by atoms with E-state index in [-0.39, 0.29) is 6.03 Å². The Morgan fingerprint density at radius 1 is 1.10 bits per heavy atom. The average Bonchev–Trinajstić information content (AvgIpc) is 3.55. The molecule has 0 saturated carbocycles. The van der Waals surface area contributed by atoms with Crippen LogP contribution >= 0.6 is 22.7 Å². The van der Waals surface area contributed by atoms with Crippen LogP contribution in [0.3, 0.4) is 0 Å². The molecule has 4 N–H and O–H groups in total. The third-order valence-corrected chi connectivity index (χ3v) is 8.81. The second-order valence-electron chi connectivity index (χ2n) is 9.59. The van der Waals surface area contributed by atoms with Crippen LogP contribution in [-0.4, -0.2) is 68.7 Å². The van der Waals surface area contributed by atoms with Crippen LogP contribution in [0.5, 0.6) is 5.19 Å². The minimum Gasteiger partial charge on any atom is -0.470 e. The summed E-state index contributed by atoms with van der Waals surface area (Å²) >= 11 is 2.86. The number of piperidine rings is 1. The number of aliphatic hydroxyl groups is 2. The van der Waals surface area contributed by atoms with E-state index in [0.29, 0.717) is 55.4 Å². The molecule has 39 heavy (non-hydrogen) atoms. The van der Waals surface area contributed by atoms with Gasteiger partial charge in [-0.3, -0.25) is 5.32 Å². The molecule has 1 aliphatic rings. The molecule has 0 bridgehead atoms. The van der Waals surface area contributed by atoms with E-state index < -0.39 is 11.7 Å². The van der Waals surface area contributed by atoms with Gasteiger partial charge < -0.3 is 25.2 Å². The number of nitrogens with one attached hydrogen (secondary N) is 2. The molecule has 5 rings (SSSR count). The number of rotatable bonds is 8. The molecular formula is C26H31N7O4S2. The molecule has 1 fully saturated rings. The lowest BCUT2D eigenvalue weighted by molar-refractivity contribution is -0.136. The summed E-state index contributed by atoms with van der Waals surface area (Å²) in [4.78, 5) is 33.4. The molecule has 4 aromatic rings. The first-order valence-corrected chi connectivity index (χ1v) is 14.4. The van der Waals surface area contributed by atoms with E-state index in [0.717, 1.165) is 31.8 Å². The van der Waals surface area contributed by atoms with Gasteiger partial charge >= 0.3 is 6.03 Å². The normalized spacial score (nSPS) is 15.1. The maximum atomic E-state index is 12.1. The van der Waals surface area contributed by atoms with E-state index in [9.17, 15) is 15.0 Å². The van der Waals surface area contributed by atoms with Crippen LogP contribution in [-0.2, 0) is 0 Å². The third kappa shape index (κ3) is 5.81. The fourth-order valence-electron chi connectivity index (χ4n) is 4.42. The Labute approximate surface area is 233 Å². The van der Waals surface area contributed by atoms with Crippen LogP contribution < -0.4 is 20.3 Å². The number of carbonyl (C=O) groups is 1. The summed E-state index contributed by atoms with van der Waals surface area (Å²) in [5.41, 5.74) is 2.89. The number of thiazole rings is 2. The fourth-order valence-corrected chi connectivity index (χ4v) is 6.30. The number of carbonyl (C=O) groups excluding carboxylic acids is 1. The number of benzene rings is 1. The van der Waals surface area contributed by atoms with Crippen molar-refractivity contribution >= 4 is 50.0 Å². The Balaban J connectivity index is 1.46. The van der Waals surface area contributed by atoms with Gasteiger partial charge in [-0.2, -0.15) is 0 Å². The van der Waals surface area contributed by atoms with Crippen LogP contribution in [0.25, 0.3) is 31.8 Å². The van der Waals surface area contributed by atoms with Gasteiger partial charge in [-0.15, -0.1) is 0 Å². The Bertz CT molecular complexity index is 1450. The number of urea groups is 1. The molecule has 0 atom stereocenters. The number of hydrogen-bond acceptors (Lipinski definition) is 11. The summed E-state index contributed by atoms with van der Waals surface area (Å²) in [6.07, 6.45) is 5.33. The zero-order valence-electron chi connectivity index (χ0n) is 22.0. The fraction of sp³-hybridized carbons (Fsp3) is 0.423. The molecule has 13 heteroatoms. The quantitative estimate of drug-likeness (QED) is 0.228. The van der Waals surface area contributed by atoms with Crippen molar-refractivity contribution in [3.8, 4) is 26.8 Å². The molecule has 2 amide bonds. The van der Waals surface area contributed by atoms with E-state index in [1.165, 1.54) is 22.7 Å². The van der Waals surface area contributed by atoms with E-state index >= 15 is 0 Å². The predicted molar refractivity (Wildman–Crippen MR) is 153 cm³/mol. The number of nitrogens with zero attached hydrogens (tertiary/aromatic N) is 5. The van der Waals surface area contributed by atoms with Crippen molar-refractivity contribution < 1.29 is 19.7 Å². The smallest absolute Gasteiger partial charge is 0.321 e. The molecule has 11 nitrogen and oxygen atoms in total. The van der Waals surface area contributed by atoms with Gasteiger partial charge in [0.25, 0.3) is 5.19 Å². The molecule has 0 aliphatic carbocycles. The number of aliphatic hydroxyl groups excluding tert-OH is 1. The van der Waals surface area contributed by atoms with E-state index in [2.05, 4.69) is 41.5 Å². The van der Waals surface area contributed by atoms with Crippen LogP contribution in [0.1, 0.15) is 33.6 Å². The number of amides is 2. The lowest BCUT2D eigenvalue weighted by Gasteiger charge is -2.40. The molecule has 0 radical (unpaired) electrons. The minimum absolute atomic E-state index is 0.301. The van der Waals surface area contributed by atoms with E-state index in [1.807, 2.05) is 26.8 Å². The second-order valence-corrected chi connectivity index (χ2v) is 11.6. The van der Waals surface area contributed by atoms with Gasteiger partial charge in [0, 0.05) is 54.8 Å². The van der Waals surface area contributed by atoms with Gasteiger partial charge in [0.1, 0.15) is 0 Å². The van der Waals surface area contributed by atoms with E-state index in [4.69, 9.17) is 4.74 Å². The summed E-state index contributed by atoms with van der Waals surface area (Å²) in [7, 11) is 0. The van der Waals surface area contributed by atoms with Crippen LogP contribution in [0.4, 0.5) is 15.9 Å². The maximum Gasteiger partial charge on any atom is 0.321 e. The van der Waals surface area contributed by atoms with Gasteiger partial charge in [0.2, 0.25) is 5.95 Å². The molecule has 4 heterocycles. The molecule has 1 aromatic carbocycles. The van der Waals surface area contributed by atoms with Gasteiger partial charge in [-0.05, 0) is 44.4 Å². The SMILES string of the molecule is CCNC(=O)Nc1nc2cc(-c3cnc(N4CCC(C)(C(O)O)CC4)nc3)cc(-c3cnc(OCC)s3)c2s1. The van der Waals surface area contributed by atoms with Gasteiger partial charge in [0.05, 0.1) is 21.7 Å². The monoisotopic (exact) mass is 569 g/mol. The van der Waals surface area contributed by atoms with Crippen LogP contribution in [0, 0.1) is 5.41 Å². The molecule has 1 saturated heterocycles. The Morgan fingerprint density at radius 3 is 2.51 bits per heavy atom. The summed E-state index contributed by atoms with van der Waals surface area (Å²) in [6, 6.07) is 3.73. The molecule has 3 aromatic heterocycles. The van der Waals surface area contributed by atoms with Gasteiger partial charge in [-0.25, -0.2) is 24.7 Å². The summed E-state index contributed by atoms with van der Waals surface area (Å²) in [5, 5.41) is 26.0. The van der Waals surface area contributed by atoms with Crippen LogP contribution in [0.2, 0.25) is 0 Å². The molecule has 0 spiro atoms. The number of anilines is 2. The highest BCUT2D eigenvalue weighted by molar-refractivity contribution is 7.23. The first-order chi connectivity index (χ1) is 18.8. The Kier molecular flexibility index (Phi) is 7.93. The highest BCUT2D eigenvalue weighted by Crippen LogP contribution is 2.42. The Morgan fingerprint density at radius 2 is 1.85 bits per heavy atom. The third-order valence-electron chi connectivity index (χ3n) is 6.85. The number of fused-ring (bicyclic) bond motifs is 1. The largest absolute Gasteiger partial charge is 0.470 e. The number of ether oxygens (including phenoxy) is 1. The summed E-state index contributed by atoms with van der Waals surface area (Å²) < 4.78 is 6.52. The van der Waals surface area contributed by atoms with Crippen molar-refractivity contribution in [1.29, 1.82) is 0 Å². The van der Waals surface area contributed by atoms with Crippen LogP contribution in [0.15, 0.2) is 30.7 Å². The number of aromatic nitrogens is 4. The van der Waals surface area contributed by atoms with Crippen molar-refractivity contribution in [3.63, 3.8) is 0 Å². The second kappa shape index (κ2) is 11.4.